The van der Waals surface area contributed by atoms with Crippen LogP contribution in [0.4, 0.5) is 4.39 Å². The van der Waals surface area contributed by atoms with Gasteiger partial charge >= 0.3 is 5.97 Å². The van der Waals surface area contributed by atoms with E-state index < -0.39 is 23.5 Å². The topological polar surface area (TPSA) is 54.4 Å². The molecule has 0 saturated carbocycles. The second-order valence-electron chi connectivity index (χ2n) is 3.49. The molecule has 0 radical (unpaired) electrons. The number of hydrogen-bond donors (Lipinski definition) is 1. The van der Waals surface area contributed by atoms with E-state index in [0.717, 1.165) is 0 Å². The Hall–Kier alpha value is -1.23. The summed E-state index contributed by atoms with van der Waals surface area (Å²) in [6.45, 7) is 1.41. The lowest BCUT2D eigenvalue weighted by Crippen LogP contribution is -2.15. The number of ketones is 1. The van der Waals surface area contributed by atoms with E-state index in [2.05, 4.69) is 15.9 Å². The number of benzene rings is 1. The molecule has 3 nitrogen and oxygen atoms in total. The normalized spacial score (nSPS) is 12.2. The van der Waals surface area contributed by atoms with E-state index in [0.29, 0.717) is 4.47 Å². The maximum Gasteiger partial charge on any atom is 0.306 e. The van der Waals surface area contributed by atoms with Gasteiger partial charge in [-0.05, 0) is 18.2 Å². The highest BCUT2D eigenvalue weighted by Gasteiger charge is 2.19. The van der Waals surface area contributed by atoms with Crippen molar-refractivity contribution in [1.29, 1.82) is 0 Å². The van der Waals surface area contributed by atoms with Crippen molar-refractivity contribution in [1.82, 2.24) is 0 Å². The van der Waals surface area contributed by atoms with Gasteiger partial charge in [0.05, 0.1) is 11.5 Å². The first-order valence-electron chi connectivity index (χ1n) is 4.63. The van der Waals surface area contributed by atoms with Gasteiger partial charge in [-0.15, -0.1) is 0 Å². The molecule has 16 heavy (non-hydrogen) atoms. The summed E-state index contributed by atoms with van der Waals surface area (Å²) in [5.74, 6) is -3.02. The molecular formula is C11H10BrFO3. The van der Waals surface area contributed by atoms with Crippen molar-refractivity contribution in [3.8, 4) is 0 Å². The fourth-order valence-electron chi connectivity index (χ4n) is 1.19. The number of hydrogen-bond acceptors (Lipinski definition) is 2. The number of halogens is 2. The van der Waals surface area contributed by atoms with E-state index >= 15 is 0 Å². The Balaban J connectivity index is 2.88. The molecule has 0 amide bonds. The first kappa shape index (κ1) is 12.8. The summed E-state index contributed by atoms with van der Waals surface area (Å²) in [6.07, 6.45) is -0.206. The number of carbonyl (C=O) groups is 2. The summed E-state index contributed by atoms with van der Waals surface area (Å²) in [6, 6.07) is 4.00. The molecule has 0 spiro atoms. The summed E-state index contributed by atoms with van der Waals surface area (Å²) < 4.78 is 13.9. The van der Waals surface area contributed by atoms with Crippen LogP contribution in [0.2, 0.25) is 0 Å². The molecule has 1 aromatic carbocycles. The van der Waals surface area contributed by atoms with Crippen LogP contribution in [0.25, 0.3) is 0 Å². The SMILES string of the molecule is CC(CC(=O)c1cc(Br)ccc1F)C(=O)O. The van der Waals surface area contributed by atoms with Gasteiger partial charge in [0.2, 0.25) is 0 Å². The zero-order valence-corrected chi connectivity index (χ0v) is 10.1. The van der Waals surface area contributed by atoms with Crippen LogP contribution in [0, 0.1) is 11.7 Å². The lowest BCUT2D eigenvalue weighted by atomic mass is 10.00. The van der Waals surface area contributed by atoms with Crippen LogP contribution >= 0.6 is 15.9 Å². The lowest BCUT2D eigenvalue weighted by molar-refractivity contribution is -0.141. The van der Waals surface area contributed by atoms with Gasteiger partial charge in [0.1, 0.15) is 5.82 Å². The molecule has 0 heterocycles. The minimum Gasteiger partial charge on any atom is -0.481 e. The van der Waals surface area contributed by atoms with Gasteiger partial charge in [-0.25, -0.2) is 4.39 Å². The predicted octanol–water partition coefficient (Wildman–Crippen LogP) is 2.88. The maximum atomic E-state index is 13.3. The van der Waals surface area contributed by atoms with Crippen molar-refractivity contribution in [2.75, 3.05) is 0 Å². The monoisotopic (exact) mass is 288 g/mol. The number of Topliss-reactive ketones (excluding diaryl/α,β-unsaturated/α-hetero) is 1. The van der Waals surface area contributed by atoms with E-state index in [1.54, 1.807) is 0 Å². The Morgan fingerprint density at radius 1 is 1.50 bits per heavy atom. The Labute approximate surface area is 100 Å². The zero-order valence-electron chi connectivity index (χ0n) is 8.54. The van der Waals surface area contributed by atoms with Gasteiger partial charge in [0.25, 0.3) is 0 Å². The number of carboxylic acid groups (broad SMARTS) is 1. The summed E-state index contributed by atoms with van der Waals surface area (Å²) in [5.41, 5.74) is -0.0810. The fraction of sp³-hybridized carbons (Fsp3) is 0.273. The standard InChI is InChI=1S/C11H10BrFO3/c1-6(11(15)16)4-10(14)8-5-7(12)2-3-9(8)13/h2-3,5-6H,4H2,1H3,(H,15,16). The van der Waals surface area contributed by atoms with Gasteiger partial charge in [-0.3, -0.25) is 9.59 Å². The molecule has 1 rings (SSSR count). The van der Waals surface area contributed by atoms with E-state index in [1.165, 1.54) is 25.1 Å². The summed E-state index contributed by atoms with van der Waals surface area (Å²) in [7, 11) is 0. The van der Waals surface area contributed by atoms with Crippen molar-refractivity contribution in [3.63, 3.8) is 0 Å². The second kappa shape index (κ2) is 5.21. The van der Waals surface area contributed by atoms with Crippen molar-refractivity contribution >= 4 is 27.7 Å². The van der Waals surface area contributed by atoms with E-state index in [1.807, 2.05) is 0 Å². The molecule has 0 bridgehead atoms. The molecule has 0 aliphatic rings. The third-order valence-corrected chi connectivity index (χ3v) is 2.64. The van der Waals surface area contributed by atoms with Crippen LogP contribution in [-0.4, -0.2) is 16.9 Å². The number of aliphatic carboxylic acids is 1. The van der Waals surface area contributed by atoms with Gasteiger partial charge in [0, 0.05) is 10.9 Å². The summed E-state index contributed by atoms with van der Waals surface area (Å²) in [5, 5.41) is 8.65. The van der Waals surface area contributed by atoms with Crippen LogP contribution in [0.5, 0.6) is 0 Å². The molecular weight excluding hydrogens is 279 g/mol. The molecule has 0 aliphatic carbocycles. The molecule has 0 saturated heterocycles. The average Bonchev–Trinajstić information content (AvgIpc) is 2.21. The van der Waals surface area contributed by atoms with E-state index in [9.17, 15) is 14.0 Å². The zero-order chi connectivity index (χ0) is 12.3. The Bertz CT molecular complexity index is 431. The van der Waals surface area contributed by atoms with Crippen LogP contribution in [0.1, 0.15) is 23.7 Å². The first-order valence-corrected chi connectivity index (χ1v) is 5.42. The van der Waals surface area contributed by atoms with Crippen molar-refractivity contribution in [2.45, 2.75) is 13.3 Å². The maximum absolute atomic E-state index is 13.3. The highest BCUT2D eigenvalue weighted by Crippen LogP contribution is 2.18. The highest BCUT2D eigenvalue weighted by atomic mass is 79.9. The van der Waals surface area contributed by atoms with E-state index in [4.69, 9.17) is 5.11 Å². The molecule has 0 aliphatic heterocycles. The molecule has 0 fully saturated rings. The smallest absolute Gasteiger partial charge is 0.306 e. The first-order chi connectivity index (χ1) is 7.41. The third-order valence-electron chi connectivity index (χ3n) is 2.14. The molecule has 1 N–H and O–H groups in total. The van der Waals surface area contributed by atoms with Crippen LogP contribution in [0.15, 0.2) is 22.7 Å². The molecule has 86 valence electrons. The average molecular weight is 289 g/mol. The van der Waals surface area contributed by atoms with Gasteiger partial charge < -0.3 is 5.11 Å². The fourth-order valence-corrected chi connectivity index (χ4v) is 1.55. The number of rotatable bonds is 4. The van der Waals surface area contributed by atoms with Crippen molar-refractivity contribution < 1.29 is 19.1 Å². The quantitative estimate of drug-likeness (QED) is 0.867. The molecule has 0 aromatic heterocycles. The Morgan fingerprint density at radius 3 is 2.69 bits per heavy atom. The van der Waals surface area contributed by atoms with Gasteiger partial charge in [-0.2, -0.15) is 0 Å². The molecule has 1 unspecified atom stereocenters. The van der Waals surface area contributed by atoms with Crippen molar-refractivity contribution in [2.24, 2.45) is 5.92 Å². The van der Waals surface area contributed by atoms with Gasteiger partial charge in [-0.1, -0.05) is 22.9 Å². The van der Waals surface area contributed by atoms with Crippen LogP contribution in [0.3, 0.4) is 0 Å². The Kier molecular flexibility index (Phi) is 4.18. The molecule has 5 heteroatoms. The summed E-state index contributed by atoms with van der Waals surface area (Å²) >= 11 is 3.12. The number of carbonyl (C=O) groups excluding carboxylic acids is 1. The second-order valence-corrected chi connectivity index (χ2v) is 4.41. The Morgan fingerprint density at radius 2 is 2.12 bits per heavy atom. The lowest BCUT2D eigenvalue weighted by Gasteiger charge is -2.06. The summed E-state index contributed by atoms with van der Waals surface area (Å²) in [4.78, 5) is 22.2. The largest absolute Gasteiger partial charge is 0.481 e. The molecule has 1 aromatic rings. The van der Waals surface area contributed by atoms with Gasteiger partial charge in [0.15, 0.2) is 5.78 Å². The minimum atomic E-state index is -1.07. The number of carboxylic acids is 1. The highest BCUT2D eigenvalue weighted by molar-refractivity contribution is 9.10. The molecule has 1 atom stereocenters. The van der Waals surface area contributed by atoms with Crippen molar-refractivity contribution in [3.05, 3.63) is 34.1 Å². The predicted molar refractivity (Wildman–Crippen MR) is 59.8 cm³/mol. The van der Waals surface area contributed by atoms with Crippen LogP contribution < -0.4 is 0 Å². The van der Waals surface area contributed by atoms with E-state index in [-0.39, 0.29) is 12.0 Å². The minimum absolute atomic E-state index is 0.0810. The van der Waals surface area contributed by atoms with Crippen LogP contribution in [-0.2, 0) is 4.79 Å². The third kappa shape index (κ3) is 3.13.